The first kappa shape index (κ1) is 21.0. The molecule has 1 unspecified atom stereocenters. The van der Waals surface area contributed by atoms with Crippen LogP contribution in [0.5, 0.6) is 0 Å². The zero-order valence-electron chi connectivity index (χ0n) is 17.4. The van der Waals surface area contributed by atoms with Crippen molar-refractivity contribution >= 4 is 28.6 Å². The maximum absolute atomic E-state index is 13.2. The highest BCUT2D eigenvalue weighted by molar-refractivity contribution is 5.91. The number of halogens is 1. The Bertz CT molecular complexity index is 1040. The number of oxazole rings is 1. The van der Waals surface area contributed by atoms with Crippen LogP contribution >= 0.6 is 0 Å². The number of likely N-dealkylation sites (tertiary alicyclic amines) is 1. The topological polar surface area (TPSA) is 79.9 Å². The van der Waals surface area contributed by atoms with E-state index in [-0.39, 0.29) is 30.8 Å². The number of quaternary nitrogens is 1. The minimum Gasteiger partial charge on any atom is -0.440 e. The number of carbonyl (C=O) groups excluding carboxylic acids is 2. The van der Waals surface area contributed by atoms with Gasteiger partial charge in [-0.25, -0.2) is 9.37 Å². The van der Waals surface area contributed by atoms with E-state index in [9.17, 15) is 14.0 Å². The van der Waals surface area contributed by atoms with Gasteiger partial charge in [0.15, 0.2) is 24.6 Å². The monoisotopic (exact) mass is 425 g/mol. The van der Waals surface area contributed by atoms with Crippen LogP contribution in [-0.2, 0) is 9.59 Å². The molecule has 0 bridgehead atoms. The summed E-state index contributed by atoms with van der Waals surface area (Å²) in [5.41, 5.74) is 2.06. The van der Waals surface area contributed by atoms with Gasteiger partial charge >= 0.3 is 0 Å². The number of hydrogen-bond acceptors (Lipinski definition) is 4. The van der Waals surface area contributed by atoms with E-state index in [1.54, 1.807) is 13.1 Å². The van der Waals surface area contributed by atoms with Crippen LogP contribution in [0.25, 0.3) is 11.1 Å². The van der Waals surface area contributed by atoms with Crippen LogP contribution < -0.4 is 10.2 Å². The maximum Gasteiger partial charge on any atom is 0.279 e. The molecule has 2 N–H and O–H groups in total. The summed E-state index contributed by atoms with van der Waals surface area (Å²) in [6.45, 7) is 1.64. The molecule has 2 heterocycles. The zero-order chi connectivity index (χ0) is 21.8. The van der Waals surface area contributed by atoms with E-state index in [0.717, 1.165) is 34.7 Å². The van der Waals surface area contributed by atoms with Crippen LogP contribution in [0.4, 0.5) is 10.1 Å². The summed E-state index contributed by atoms with van der Waals surface area (Å²) in [5, 5.41) is 2.66. The average Bonchev–Trinajstić information content (AvgIpc) is 3.18. The Morgan fingerprint density at radius 2 is 1.94 bits per heavy atom. The first-order valence-corrected chi connectivity index (χ1v) is 10.5. The van der Waals surface area contributed by atoms with Crippen molar-refractivity contribution in [2.75, 3.05) is 38.5 Å². The summed E-state index contributed by atoms with van der Waals surface area (Å²) in [6.07, 6.45) is 1.61. The van der Waals surface area contributed by atoms with Crippen molar-refractivity contribution in [1.29, 1.82) is 0 Å². The first-order chi connectivity index (χ1) is 15.0. The predicted octanol–water partition coefficient (Wildman–Crippen LogP) is 1.83. The molecule has 1 aliphatic heterocycles. The fourth-order valence-corrected chi connectivity index (χ4v) is 3.92. The smallest absolute Gasteiger partial charge is 0.279 e. The van der Waals surface area contributed by atoms with Crippen molar-refractivity contribution in [2.45, 2.75) is 18.8 Å². The molecule has 1 aromatic heterocycles. The van der Waals surface area contributed by atoms with Gasteiger partial charge in [-0.2, -0.15) is 0 Å². The number of aromatic nitrogens is 1. The highest BCUT2D eigenvalue weighted by atomic mass is 19.1. The third kappa shape index (κ3) is 5.27. The Morgan fingerprint density at radius 1 is 1.16 bits per heavy atom. The second kappa shape index (κ2) is 9.26. The summed E-state index contributed by atoms with van der Waals surface area (Å²) in [4.78, 5) is 32.0. The van der Waals surface area contributed by atoms with Gasteiger partial charge in [0.2, 0.25) is 0 Å². The summed E-state index contributed by atoms with van der Waals surface area (Å²) in [5.74, 6) is 0.302. The molecule has 2 amide bonds. The molecule has 1 aliphatic rings. The molecular formula is C23H26FN4O3+. The number of benzene rings is 2. The molecule has 2 aromatic carbocycles. The molecule has 4 rings (SSSR count). The quantitative estimate of drug-likeness (QED) is 0.632. The van der Waals surface area contributed by atoms with E-state index < -0.39 is 5.82 Å². The number of anilines is 1. The van der Waals surface area contributed by atoms with E-state index >= 15 is 0 Å². The van der Waals surface area contributed by atoms with Crippen LogP contribution in [0.15, 0.2) is 52.9 Å². The second-order valence-electron chi connectivity index (χ2n) is 8.04. The summed E-state index contributed by atoms with van der Waals surface area (Å²) < 4.78 is 19.1. The Morgan fingerprint density at radius 3 is 2.68 bits per heavy atom. The van der Waals surface area contributed by atoms with Gasteiger partial charge in [-0.05, 0) is 43.2 Å². The minimum absolute atomic E-state index is 0.0204. The number of amides is 2. The van der Waals surface area contributed by atoms with E-state index in [4.69, 9.17) is 4.42 Å². The Hall–Kier alpha value is -3.26. The fourth-order valence-electron chi connectivity index (χ4n) is 3.92. The van der Waals surface area contributed by atoms with Crippen LogP contribution in [0.3, 0.4) is 0 Å². The number of hydrogen-bond donors (Lipinski definition) is 2. The van der Waals surface area contributed by atoms with Crippen molar-refractivity contribution < 1.29 is 23.3 Å². The molecule has 0 saturated carbocycles. The molecule has 1 atom stereocenters. The zero-order valence-corrected chi connectivity index (χ0v) is 17.4. The fraction of sp³-hybridized carbons (Fsp3) is 0.348. The second-order valence-corrected chi connectivity index (χ2v) is 8.04. The number of likely N-dealkylation sites (N-methyl/N-ethyl adjacent to an activating group) is 1. The number of carbonyl (C=O) groups is 2. The first-order valence-electron chi connectivity index (χ1n) is 10.5. The predicted molar refractivity (Wildman–Crippen MR) is 114 cm³/mol. The third-order valence-corrected chi connectivity index (χ3v) is 5.53. The number of piperidine rings is 1. The van der Waals surface area contributed by atoms with Crippen molar-refractivity contribution in [1.82, 2.24) is 9.88 Å². The normalized spacial score (nSPS) is 15.7. The number of para-hydroxylation sites is 2. The highest BCUT2D eigenvalue weighted by Gasteiger charge is 2.28. The van der Waals surface area contributed by atoms with Crippen LogP contribution in [0.2, 0.25) is 0 Å². The van der Waals surface area contributed by atoms with Crippen molar-refractivity contribution in [2.24, 2.45) is 0 Å². The van der Waals surface area contributed by atoms with Gasteiger partial charge in [0.05, 0.1) is 7.05 Å². The number of nitrogens with zero attached hydrogens (tertiary/aromatic N) is 2. The van der Waals surface area contributed by atoms with E-state index in [0.29, 0.717) is 18.8 Å². The summed E-state index contributed by atoms with van der Waals surface area (Å²) >= 11 is 0. The summed E-state index contributed by atoms with van der Waals surface area (Å²) in [6, 6.07) is 13.5. The van der Waals surface area contributed by atoms with Crippen molar-refractivity contribution in [3.05, 3.63) is 60.2 Å². The number of rotatable bonds is 6. The molecule has 0 radical (unpaired) electrons. The molecular weight excluding hydrogens is 399 g/mol. The lowest BCUT2D eigenvalue weighted by atomic mass is 9.97. The van der Waals surface area contributed by atoms with Crippen molar-refractivity contribution in [3.8, 4) is 0 Å². The van der Waals surface area contributed by atoms with Gasteiger partial charge in [-0.3, -0.25) is 9.59 Å². The standard InChI is InChI=1S/C23H25FN4O3/c1-27(14-21(29)25-18-6-4-5-17(24)13-18)15-22(30)28-11-9-16(10-12-28)23-26-19-7-2-3-8-20(19)31-23/h2-8,13,16H,9-12,14-15H2,1H3,(H,25,29)/p+1. The van der Waals surface area contributed by atoms with E-state index in [1.165, 1.54) is 18.2 Å². The van der Waals surface area contributed by atoms with Gasteiger partial charge in [0.1, 0.15) is 11.3 Å². The maximum atomic E-state index is 13.2. The molecule has 8 heteroatoms. The minimum atomic E-state index is -0.407. The Labute approximate surface area is 179 Å². The SMILES string of the molecule is C[NH+](CC(=O)Nc1cccc(F)c1)CC(=O)N1CCC(c2nc3ccccc3o2)CC1. The summed E-state index contributed by atoms with van der Waals surface area (Å²) in [7, 11) is 1.80. The average molecular weight is 425 g/mol. The van der Waals surface area contributed by atoms with E-state index in [2.05, 4.69) is 10.3 Å². The Kier molecular flexibility index (Phi) is 6.27. The number of nitrogens with one attached hydrogen (secondary N) is 2. The van der Waals surface area contributed by atoms with Crippen molar-refractivity contribution in [3.63, 3.8) is 0 Å². The molecule has 0 spiro atoms. The third-order valence-electron chi connectivity index (χ3n) is 5.53. The molecule has 1 fully saturated rings. The molecule has 7 nitrogen and oxygen atoms in total. The van der Waals surface area contributed by atoms with Gasteiger partial charge < -0.3 is 19.5 Å². The molecule has 31 heavy (non-hydrogen) atoms. The van der Waals surface area contributed by atoms with Gasteiger partial charge in [0.25, 0.3) is 11.8 Å². The van der Waals surface area contributed by atoms with Gasteiger partial charge in [-0.15, -0.1) is 0 Å². The molecule has 1 saturated heterocycles. The van der Waals surface area contributed by atoms with Gasteiger partial charge in [-0.1, -0.05) is 18.2 Å². The van der Waals surface area contributed by atoms with Crippen LogP contribution in [0.1, 0.15) is 24.7 Å². The highest BCUT2D eigenvalue weighted by Crippen LogP contribution is 2.29. The largest absolute Gasteiger partial charge is 0.440 e. The lowest BCUT2D eigenvalue weighted by molar-refractivity contribution is -0.862. The van der Waals surface area contributed by atoms with Gasteiger partial charge in [0, 0.05) is 24.7 Å². The Balaban J connectivity index is 1.24. The van der Waals surface area contributed by atoms with Crippen LogP contribution in [0, 0.1) is 5.82 Å². The van der Waals surface area contributed by atoms with Crippen LogP contribution in [-0.4, -0.2) is 54.9 Å². The molecule has 3 aromatic rings. The number of fused-ring (bicyclic) bond motifs is 1. The lowest BCUT2D eigenvalue weighted by Gasteiger charge is -2.31. The lowest BCUT2D eigenvalue weighted by Crippen LogP contribution is -3.11. The molecule has 0 aliphatic carbocycles. The van der Waals surface area contributed by atoms with E-state index in [1.807, 2.05) is 29.2 Å². The molecule has 162 valence electrons.